The minimum absolute atomic E-state index is 0.0615. The molecule has 0 bridgehead atoms. The molecule has 0 rings (SSSR count). The van der Waals surface area contributed by atoms with Gasteiger partial charge in [0.25, 0.3) is 0 Å². The quantitative estimate of drug-likeness (QED) is 0.512. The summed E-state index contributed by atoms with van der Waals surface area (Å²) in [5, 5.41) is 0. The van der Waals surface area contributed by atoms with E-state index in [1.54, 1.807) is 6.92 Å². The van der Waals surface area contributed by atoms with Gasteiger partial charge in [0, 0.05) is 0 Å². The van der Waals surface area contributed by atoms with Crippen molar-refractivity contribution in [2.75, 3.05) is 19.8 Å². The highest BCUT2D eigenvalue weighted by molar-refractivity contribution is 7.47. The third kappa shape index (κ3) is 8.40. The van der Waals surface area contributed by atoms with Gasteiger partial charge in [-0.15, -0.1) is 0 Å². The van der Waals surface area contributed by atoms with Gasteiger partial charge in [0.05, 0.1) is 25.9 Å². The zero-order valence-electron chi connectivity index (χ0n) is 8.23. The molecule has 1 unspecified atom stereocenters. The monoisotopic (exact) mass is 212 g/mol. The molecule has 80 valence electrons. The lowest BCUT2D eigenvalue weighted by molar-refractivity contribution is 0.0431. The number of ether oxygens (including phenoxy) is 1. The van der Waals surface area contributed by atoms with Crippen molar-refractivity contribution in [1.29, 1.82) is 0 Å². The Labute approximate surface area is 78.6 Å². The molecule has 0 saturated carbocycles. The van der Waals surface area contributed by atoms with Crippen molar-refractivity contribution >= 4 is 7.82 Å². The van der Waals surface area contributed by atoms with Gasteiger partial charge in [-0.25, -0.2) is 4.57 Å². The standard InChI is InChI=1S/C7H17O5P/c1-4-11-13(8,9)12-6-5-10-7(2)3/h7H,4-6H2,1-3H3,(H,8,9). The van der Waals surface area contributed by atoms with Crippen molar-refractivity contribution < 1.29 is 23.2 Å². The van der Waals surface area contributed by atoms with Gasteiger partial charge >= 0.3 is 7.82 Å². The number of hydrogen-bond acceptors (Lipinski definition) is 4. The van der Waals surface area contributed by atoms with Crippen molar-refractivity contribution in [3.63, 3.8) is 0 Å². The van der Waals surface area contributed by atoms with Crippen LogP contribution in [0, 0.1) is 0 Å². The molecule has 0 aromatic rings. The molecule has 0 aliphatic carbocycles. The van der Waals surface area contributed by atoms with Crippen molar-refractivity contribution in [2.24, 2.45) is 0 Å². The Morgan fingerprint density at radius 2 is 1.92 bits per heavy atom. The van der Waals surface area contributed by atoms with E-state index < -0.39 is 7.82 Å². The molecule has 0 aliphatic heterocycles. The van der Waals surface area contributed by atoms with Crippen LogP contribution in [0.2, 0.25) is 0 Å². The molecule has 0 spiro atoms. The van der Waals surface area contributed by atoms with Crippen molar-refractivity contribution in [3.8, 4) is 0 Å². The van der Waals surface area contributed by atoms with Crippen molar-refractivity contribution in [1.82, 2.24) is 0 Å². The molecule has 0 amide bonds. The normalized spacial score (nSPS) is 16.1. The molecule has 0 radical (unpaired) electrons. The summed E-state index contributed by atoms with van der Waals surface area (Å²) in [6, 6.07) is 0. The molecular formula is C7H17O5P. The first-order valence-electron chi connectivity index (χ1n) is 4.21. The Hall–Kier alpha value is 0.0700. The van der Waals surface area contributed by atoms with Crippen LogP contribution in [0.25, 0.3) is 0 Å². The van der Waals surface area contributed by atoms with E-state index >= 15 is 0 Å². The highest BCUT2D eigenvalue weighted by Crippen LogP contribution is 2.42. The second kappa shape index (κ2) is 6.51. The summed E-state index contributed by atoms with van der Waals surface area (Å²) < 4.78 is 25.1. The Kier molecular flexibility index (Phi) is 6.55. The Morgan fingerprint density at radius 3 is 2.38 bits per heavy atom. The van der Waals surface area contributed by atoms with E-state index in [9.17, 15) is 4.57 Å². The molecule has 0 aromatic carbocycles. The Bertz CT molecular complexity index is 170. The third-order valence-corrected chi connectivity index (χ3v) is 2.17. The molecule has 1 N–H and O–H groups in total. The van der Waals surface area contributed by atoms with Gasteiger partial charge < -0.3 is 9.63 Å². The summed E-state index contributed by atoms with van der Waals surface area (Å²) in [7, 11) is -3.83. The van der Waals surface area contributed by atoms with E-state index in [2.05, 4.69) is 9.05 Å². The fraction of sp³-hybridized carbons (Fsp3) is 1.00. The fourth-order valence-corrected chi connectivity index (χ4v) is 1.34. The lowest BCUT2D eigenvalue weighted by Gasteiger charge is -2.11. The van der Waals surface area contributed by atoms with Crippen molar-refractivity contribution in [2.45, 2.75) is 26.9 Å². The summed E-state index contributed by atoms with van der Waals surface area (Å²) in [6.07, 6.45) is 0.0915. The van der Waals surface area contributed by atoms with Crippen LogP contribution >= 0.6 is 7.82 Å². The van der Waals surface area contributed by atoms with Crippen LogP contribution in [0.3, 0.4) is 0 Å². The number of hydrogen-bond donors (Lipinski definition) is 1. The van der Waals surface area contributed by atoms with Crippen LogP contribution in [0.5, 0.6) is 0 Å². The maximum Gasteiger partial charge on any atom is 0.472 e. The van der Waals surface area contributed by atoms with E-state index in [0.29, 0.717) is 0 Å². The van der Waals surface area contributed by atoms with Gasteiger partial charge in [-0.1, -0.05) is 0 Å². The van der Waals surface area contributed by atoms with Crippen LogP contribution in [-0.2, 0) is 18.3 Å². The number of phosphoric ester groups is 1. The molecular weight excluding hydrogens is 195 g/mol. The first kappa shape index (κ1) is 13.1. The van der Waals surface area contributed by atoms with Crippen LogP contribution in [0.15, 0.2) is 0 Å². The SMILES string of the molecule is CCOP(=O)(O)OCCOC(C)C. The van der Waals surface area contributed by atoms with Gasteiger partial charge in [0.1, 0.15) is 0 Å². The summed E-state index contributed by atoms with van der Waals surface area (Å²) in [4.78, 5) is 8.94. The maximum atomic E-state index is 10.9. The first-order valence-corrected chi connectivity index (χ1v) is 5.71. The second-order valence-electron chi connectivity index (χ2n) is 2.64. The molecule has 0 fully saturated rings. The zero-order valence-corrected chi connectivity index (χ0v) is 9.12. The Morgan fingerprint density at radius 1 is 1.31 bits per heavy atom. The summed E-state index contributed by atoms with van der Waals surface area (Å²) in [5.41, 5.74) is 0. The van der Waals surface area contributed by atoms with Gasteiger partial charge in [-0.2, -0.15) is 0 Å². The molecule has 5 nitrogen and oxygen atoms in total. The molecule has 1 atom stereocenters. The van der Waals surface area contributed by atoms with Crippen molar-refractivity contribution in [3.05, 3.63) is 0 Å². The Balaban J connectivity index is 3.46. The predicted octanol–water partition coefficient (Wildman–Crippen LogP) is 1.56. The molecule has 0 aliphatic rings. The van der Waals surface area contributed by atoms with Crippen LogP contribution < -0.4 is 0 Å². The summed E-state index contributed by atoms with van der Waals surface area (Å²) in [5.74, 6) is 0. The minimum Gasteiger partial charge on any atom is -0.376 e. The van der Waals surface area contributed by atoms with Gasteiger partial charge in [-0.05, 0) is 20.8 Å². The first-order chi connectivity index (χ1) is 5.98. The molecule has 0 aromatic heterocycles. The average molecular weight is 212 g/mol. The molecule has 0 saturated heterocycles. The minimum atomic E-state index is -3.83. The van der Waals surface area contributed by atoms with Crippen LogP contribution in [-0.4, -0.2) is 30.8 Å². The van der Waals surface area contributed by atoms with Gasteiger partial charge in [-0.3, -0.25) is 9.05 Å². The molecule has 6 heteroatoms. The number of rotatable bonds is 7. The van der Waals surface area contributed by atoms with E-state index in [1.165, 1.54) is 0 Å². The van der Waals surface area contributed by atoms with Gasteiger partial charge in [0.15, 0.2) is 0 Å². The van der Waals surface area contributed by atoms with Crippen LogP contribution in [0.4, 0.5) is 0 Å². The number of phosphoric acid groups is 1. The fourth-order valence-electron chi connectivity index (χ4n) is 0.637. The van der Waals surface area contributed by atoms with Crippen LogP contribution in [0.1, 0.15) is 20.8 Å². The average Bonchev–Trinajstić information content (AvgIpc) is 1.98. The predicted molar refractivity (Wildman–Crippen MR) is 48.5 cm³/mol. The molecule has 0 heterocycles. The summed E-state index contributed by atoms with van der Waals surface area (Å²) in [6.45, 7) is 5.87. The van der Waals surface area contributed by atoms with E-state index in [-0.39, 0.29) is 25.9 Å². The second-order valence-corrected chi connectivity index (χ2v) is 4.09. The maximum absolute atomic E-state index is 10.9. The van der Waals surface area contributed by atoms with E-state index in [0.717, 1.165) is 0 Å². The lowest BCUT2D eigenvalue weighted by atomic mass is 10.5. The van der Waals surface area contributed by atoms with Gasteiger partial charge in [0.2, 0.25) is 0 Å². The topological polar surface area (TPSA) is 65.0 Å². The highest BCUT2D eigenvalue weighted by Gasteiger charge is 2.19. The third-order valence-electron chi connectivity index (χ3n) is 1.08. The lowest BCUT2D eigenvalue weighted by Crippen LogP contribution is -2.09. The smallest absolute Gasteiger partial charge is 0.376 e. The van der Waals surface area contributed by atoms with E-state index in [1.807, 2.05) is 13.8 Å². The largest absolute Gasteiger partial charge is 0.472 e. The highest BCUT2D eigenvalue weighted by atomic mass is 31.2. The molecule has 13 heavy (non-hydrogen) atoms. The summed E-state index contributed by atoms with van der Waals surface area (Å²) >= 11 is 0. The zero-order chi connectivity index (χ0) is 10.3. The van der Waals surface area contributed by atoms with E-state index in [4.69, 9.17) is 9.63 Å².